The Balaban J connectivity index is 2.82. The zero-order valence-electron chi connectivity index (χ0n) is 10.7. The van der Waals surface area contributed by atoms with Crippen LogP contribution in [0.1, 0.15) is 13.3 Å². The highest BCUT2D eigenvalue weighted by Gasteiger charge is 2.19. The largest absolute Gasteiger partial charge is 0.466 e. The molecular formula is C11H14F2N2O4S. The van der Waals surface area contributed by atoms with E-state index in [4.69, 9.17) is 5.73 Å². The van der Waals surface area contributed by atoms with Crippen molar-refractivity contribution in [1.82, 2.24) is 0 Å². The van der Waals surface area contributed by atoms with Gasteiger partial charge in [-0.15, -0.1) is 0 Å². The van der Waals surface area contributed by atoms with E-state index < -0.39 is 45.5 Å². The van der Waals surface area contributed by atoms with E-state index in [1.165, 1.54) is 0 Å². The second-order valence-corrected chi connectivity index (χ2v) is 5.64. The number of carbonyl (C=O) groups excluding carboxylic acids is 1. The lowest BCUT2D eigenvalue weighted by Gasteiger charge is -2.11. The summed E-state index contributed by atoms with van der Waals surface area (Å²) < 4.78 is 56.2. The number of nitrogens with one attached hydrogen (secondary N) is 1. The maximum absolute atomic E-state index is 13.4. The standard InChI is InChI=1S/C11H14F2N2O4S/c1-2-19-9(16)5-6-20(17,18)15-11-8(14)4-3-7(12)10(11)13/h3-4,15H,2,5-6,14H2,1H3. The van der Waals surface area contributed by atoms with Crippen LogP contribution in [0, 0.1) is 11.6 Å². The fourth-order valence-electron chi connectivity index (χ4n) is 1.33. The van der Waals surface area contributed by atoms with Crippen molar-refractivity contribution in [2.24, 2.45) is 0 Å². The molecule has 0 atom stereocenters. The SMILES string of the molecule is CCOC(=O)CCS(=O)(=O)Nc1c(N)ccc(F)c1F. The van der Waals surface area contributed by atoms with E-state index in [1.807, 2.05) is 4.72 Å². The molecule has 9 heteroatoms. The van der Waals surface area contributed by atoms with Gasteiger partial charge in [-0.3, -0.25) is 9.52 Å². The Morgan fingerprint density at radius 3 is 2.65 bits per heavy atom. The molecule has 0 heterocycles. The number of esters is 1. The van der Waals surface area contributed by atoms with Gasteiger partial charge in [0.1, 0.15) is 5.69 Å². The van der Waals surface area contributed by atoms with Crippen molar-refractivity contribution in [1.29, 1.82) is 0 Å². The lowest BCUT2D eigenvalue weighted by molar-refractivity contribution is -0.142. The van der Waals surface area contributed by atoms with Crippen molar-refractivity contribution in [3.8, 4) is 0 Å². The van der Waals surface area contributed by atoms with Crippen molar-refractivity contribution in [3.63, 3.8) is 0 Å². The van der Waals surface area contributed by atoms with Crippen molar-refractivity contribution in [2.75, 3.05) is 22.8 Å². The number of anilines is 2. The highest BCUT2D eigenvalue weighted by atomic mass is 32.2. The van der Waals surface area contributed by atoms with Crippen molar-refractivity contribution in [2.45, 2.75) is 13.3 Å². The number of ether oxygens (including phenoxy) is 1. The summed E-state index contributed by atoms with van der Waals surface area (Å²) in [5, 5.41) is 0. The third kappa shape index (κ3) is 4.34. The Labute approximate surface area is 115 Å². The van der Waals surface area contributed by atoms with Crippen LogP contribution in [0.25, 0.3) is 0 Å². The van der Waals surface area contributed by atoms with Crippen LogP contribution in [0.3, 0.4) is 0 Å². The first-order valence-electron chi connectivity index (χ1n) is 5.66. The third-order valence-electron chi connectivity index (χ3n) is 2.26. The molecule has 0 aliphatic rings. The van der Waals surface area contributed by atoms with Crippen LogP contribution in [-0.4, -0.2) is 26.7 Å². The normalized spacial score (nSPS) is 11.2. The molecule has 1 rings (SSSR count). The minimum absolute atomic E-state index is 0.123. The summed E-state index contributed by atoms with van der Waals surface area (Å²) in [7, 11) is -4.05. The zero-order valence-corrected chi connectivity index (χ0v) is 11.5. The lowest BCUT2D eigenvalue weighted by atomic mass is 10.2. The van der Waals surface area contributed by atoms with Crippen LogP contribution in [0.4, 0.5) is 20.2 Å². The Hall–Kier alpha value is -1.90. The predicted molar refractivity (Wildman–Crippen MR) is 69.4 cm³/mol. The number of sulfonamides is 1. The maximum atomic E-state index is 13.4. The Bertz CT molecular complexity index is 605. The second-order valence-electron chi connectivity index (χ2n) is 3.80. The Morgan fingerprint density at radius 1 is 1.40 bits per heavy atom. The first-order valence-corrected chi connectivity index (χ1v) is 7.31. The van der Waals surface area contributed by atoms with Gasteiger partial charge in [0.15, 0.2) is 11.6 Å². The van der Waals surface area contributed by atoms with Crippen LogP contribution in [0.2, 0.25) is 0 Å². The molecule has 0 unspecified atom stereocenters. The Morgan fingerprint density at radius 2 is 2.05 bits per heavy atom. The van der Waals surface area contributed by atoms with Gasteiger partial charge in [0.05, 0.1) is 24.5 Å². The molecule has 0 radical (unpaired) electrons. The van der Waals surface area contributed by atoms with Crippen molar-refractivity contribution >= 4 is 27.4 Å². The van der Waals surface area contributed by atoms with E-state index in [-0.39, 0.29) is 12.3 Å². The van der Waals surface area contributed by atoms with E-state index in [1.54, 1.807) is 6.92 Å². The van der Waals surface area contributed by atoms with Gasteiger partial charge in [-0.1, -0.05) is 0 Å². The number of benzene rings is 1. The van der Waals surface area contributed by atoms with Gasteiger partial charge in [-0.2, -0.15) is 0 Å². The molecule has 0 bridgehead atoms. The van der Waals surface area contributed by atoms with E-state index >= 15 is 0 Å². The van der Waals surface area contributed by atoms with Gasteiger partial charge in [0, 0.05) is 0 Å². The second kappa shape index (κ2) is 6.51. The molecule has 0 saturated heterocycles. The number of hydrogen-bond donors (Lipinski definition) is 2. The average molecular weight is 308 g/mol. The average Bonchev–Trinajstić information content (AvgIpc) is 2.38. The molecule has 0 amide bonds. The topological polar surface area (TPSA) is 98.5 Å². The van der Waals surface area contributed by atoms with Gasteiger partial charge in [-0.05, 0) is 19.1 Å². The molecule has 1 aromatic carbocycles. The summed E-state index contributed by atoms with van der Waals surface area (Å²) in [4.78, 5) is 11.1. The number of rotatable bonds is 6. The monoisotopic (exact) mass is 308 g/mol. The summed E-state index contributed by atoms with van der Waals surface area (Å²) in [6, 6.07) is 1.81. The van der Waals surface area contributed by atoms with Gasteiger partial charge < -0.3 is 10.5 Å². The molecule has 3 N–H and O–H groups in total. The smallest absolute Gasteiger partial charge is 0.306 e. The molecule has 0 aromatic heterocycles. The molecule has 0 aliphatic heterocycles. The fraction of sp³-hybridized carbons (Fsp3) is 0.364. The molecule has 0 saturated carbocycles. The van der Waals surface area contributed by atoms with Crippen molar-refractivity contribution in [3.05, 3.63) is 23.8 Å². The highest BCUT2D eigenvalue weighted by Crippen LogP contribution is 2.25. The molecule has 112 valence electrons. The third-order valence-corrected chi connectivity index (χ3v) is 3.52. The predicted octanol–water partition coefficient (Wildman–Crippen LogP) is 1.24. The lowest BCUT2D eigenvalue weighted by Crippen LogP contribution is -2.21. The Kier molecular flexibility index (Phi) is 5.26. The van der Waals surface area contributed by atoms with Crippen LogP contribution in [-0.2, 0) is 19.6 Å². The first kappa shape index (κ1) is 16.2. The highest BCUT2D eigenvalue weighted by molar-refractivity contribution is 7.92. The van der Waals surface area contributed by atoms with E-state index in [9.17, 15) is 22.0 Å². The number of hydrogen-bond acceptors (Lipinski definition) is 5. The number of halogens is 2. The minimum atomic E-state index is -4.05. The minimum Gasteiger partial charge on any atom is -0.466 e. The molecule has 6 nitrogen and oxygen atoms in total. The zero-order chi connectivity index (χ0) is 15.3. The molecular weight excluding hydrogens is 294 g/mol. The summed E-state index contributed by atoms with van der Waals surface area (Å²) in [5.74, 6) is -3.96. The number of carbonyl (C=O) groups is 1. The molecule has 20 heavy (non-hydrogen) atoms. The number of nitrogen functional groups attached to an aromatic ring is 1. The number of nitrogens with two attached hydrogens (primary N) is 1. The van der Waals surface area contributed by atoms with Crippen LogP contribution >= 0.6 is 0 Å². The van der Waals surface area contributed by atoms with E-state index in [0.29, 0.717) is 0 Å². The molecule has 1 aromatic rings. The first-order chi connectivity index (χ1) is 9.26. The summed E-state index contributed by atoms with van der Waals surface area (Å²) in [5.41, 5.74) is 4.44. The summed E-state index contributed by atoms with van der Waals surface area (Å²) >= 11 is 0. The van der Waals surface area contributed by atoms with Gasteiger partial charge in [0.25, 0.3) is 0 Å². The molecule has 0 fully saturated rings. The van der Waals surface area contributed by atoms with Gasteiger partial charge in [0.2, 0.25) is 10.0 Å². The maximum Gasteiger partial charge on any atom is 0.306 e. The summed E-state index contributed by atoms with van der Waals surface area (Å²) in [6.45, 7) is 1.70. The summed E-state index contributed by atoms with van der Waals surface area (Å²) in [6.07, 6.45) is -0.403. The fourth-order valence-corrected chi connectivity index (χ4v) is 2.38. The van der Waals surface area contributed by atoms with Crippen LogP contribution in [0.5, 0.6) is 0 Å². The van der Waals surface area contributed by atoms with E-state index in [2.05, 4.69) is 4.74 Å². The van der Waals surface area contributed by atoms with Crippen molar-refractivity contribution < 1.29 is 26.7 Å². The quantitative estimate of drug-likeness (QED) is 0.608. The van der Waals surface area contributed by atoms with Gasteiger partial charge >= 0.3 is 5.97 Å². The molecule has 0 spiro atoms. The van der Waals surface area contributed by atoms with Crippen LogP contribution < -0.4 is 10.5 Å². The molecule has 0 aliphatic carbocycles. The van der Waals surface area contributed by atoms with Crippen LogP contribution in [0.15, 0.2) is 12.1 Å². The van der Waals surface area contributed by atoms with E-state index in [0.717, 1.165) is 12.1 Å². The van der Waals surface area contributed by atoms with Gasteiger partial charge in [-0.25, -0.2) is 17.2 Å².